The lowest BCUT2D eigenvalue weighted by atomic mass is 9.78. The fraction of sp³-hybridized carbons (Fsp3) is 0.474. The van der Waals surface area contributed by atoms with E-state index in [0.29, 0.717) is 28.4 Å². The van der Waals surface area contributed by atoms with E-state index in [2.05, 4.69) is 15.0 Å². The van der Waals surface area contributed by atoms with Gasteiger partial charge in [-0.25, -0.2) is 10.0 Å². The van der Waals surface area contributed by atoms with E-state index in [0.717, 1.165) is 75.8 Å². The zero-order chi connectivity index (χ0) is 32.3. The van der Waals surface area contributed by atoms with Crippen LogP contribution in [0.2, 0.25) is 0 Å². The molecule has 2 aliphatic heterocycles. The average molecular weight is 638 g/mol. The van der Waals surface area contributed by atoms with Crippen LogP contribution in [0.25, 0.3) is 0 Å². The van der Waals surface area contributed by atoms with Gasteiger partial charge in [0, 0.05) is 55.6 Å². The maximum absolute atomic E-state index is 14.2. The van der Waals surface area contributed by atoms with Gasteiger partial charge in [-0.05, 0) is 105 Å². The van der Waals surface area contributed by atoms with Crippen LogP contribution in [0, 0.1) is 11.8 Å². The number of hydrogen-bond donors (Lipinski definition) is 0. The second-order valence-corrected chi connectivity index (χ2v) is 13.3. The van der Waals surface area contributed by atoms with Crippen molar-refractivity contribution in [2.24, 2.45) is 11.8 Å². The predicted molar refractivity (Wildman–Crippen MR) is 176 cm³/mol. The molecule has 1 aromatic heterocycles. The number of piperidine rings is 2. The first-order valence-electron chi connectivity index (χ1n) is 17.2. The number of pyridine rings is 1. The molecule has 4 aliphatic rings. The molecule has 246 valence electrons. The molecule has 0 bridgehead atoms. The highest BCUT2D eigenvalue weighted by molar-refractivity contribution is 6.27. The molecule has 0 N–H and O–H groups in total. The number of ketones is 2. The molecule has 3 heterocycles. The third-order valence-electron chi connectivity index (χ3n) is 10.4. The minimum absolute atomic E-state index is 0.112. The molecule has 2 atom stereocenters. The number of esters is 1. The van der Waals surface area contributed by atoms with Crippen LogP contribution in [-0.2, 0) is 4.79 Å². The largest absolute Gasteiger partial charge is 0.493 e. The Hall–Kier alpha value is -4.08. The molecule has 7 rings (SSSR count). The van der Waals surface area contributed by atoms with Crippen molar-refractivity contribution in [3.63, 3.8) is 0 Å². The Bertz CT molecular complexity index is 1610. The Kier molecular flexibility index (Phi) is 9.36. The van der Waals surface area contributed by atoms with Gasteiger partial charge in [0.15, 0.2) is 23.1 Å². The topological polar surface area (TPSA) is 98.3 Å². The monoisotopic (exact) mass is 637 g/mol. The third-order valence-corrected chi connectivity index (χ3v) is 10.4. The van der Waals surface area contributed by atoms with Crippen LogP contribution in [-0.4, -0.2) is 71.9 Å². The Morgan fingerprint density at radius 2 is 1.45 bits per heavy atom. The number of benzene rings is 2. The van der Waals surface area contributed by atoms with Gasteiger partial charge in [-0.15, -0.1) is 0 Å². The summed E-state index contributed by atoms with van der Waals surface area (Å²) in [4.78, 5) is 45.6. The smallest absolute Gasteiger partial charge is 0.314 e. The van der Waals surface area contributed by atoms with E-state index in [-0.39, 0.29) is 29.6 Å². The number of nitrogens with zero attached hydrogens (tertiary/aromatic N) is 3. The van der Waals surface area contributed by atoms with Crippen molar-refractivity contribution in [3.05, 3.63) is 83.2 Å². The van der Waals surface area contributed by atoms with Crippen molar-refractivity contribution >= 4 is 17.5 Å². The predicted octanol–water partition coefficient (Wildman–Crippen LogP) is 6.26. The second kappa shape index (κ2) is 14.0. The third kappa shape index (κ3) is 6.56. The molecule has 2 saturated heterocycles. The Balaban J connectivity index is 1.11. The summed E-state index contributed by atoms with van der Waals surface area (Å²) >= 11 is 0. The van der Waals surface area contributed by atoms with Crippen LogP contribution in [0.1, 0.15) is 95.5 Å². The first-order valence-corrected chi connectivity index (χ1v) is 17.2. The minimum atomic E-state index is -0.981. The van der Waals surface area contributed by atoms with Crippen LogP contribution < -0.4 is 14.2 Å². The van der Waals surface area contributed by atoms with Gasteiger partial charge < -0.3 is 14.2 Å². The van der Waals surface area contributed by atoms with E-state index in [4.69, 9.17) is 14.2 Å². The number of fused-ring (bicyclic) bond motifs is 1. The first kappa shape index (κ1) is 31.5. The van der Waals surface area contributed by atoms with E-state index >= 15 is 0 Å². The number of carbonyl (C=O) groups excluding carboxylic acids is 3. The van der Waals surface area contributed by atoms with Gasteiger partial charge in [-0.3, -0.25) is 19.4 Å². The Morgan fingerprint density at radius 1 is 0.745 bits per heavy atom. The summed E-state index contributed by atoms with van der Waals surface area (Å²) in [5.41, 5.74) is 2.23. The number of aromatic nitrogens is 1. The van der Waals surface area contributed by atoms with Gasteiger partial charge in [-0.1, -0.05) is 12.5 Å². The lowest BCUT2D eigenvalue weighted by molar-refractivity contribution is -0.143. The van der Waals surface area contributed by atoms with Crippen LogP contribution in [0.15, 0.2) is 60.9 Å². The quantitative estimate of drug-likeness (QED) is 0.153. The number of Topliss-reactive ketones (excluding diaryl/α,β-unsaturated/α-hetero) is 2. The summed E-state index contributed by atoms with van der Waals surface area (Å²) in [6.07, 6.45) is 12.9. The summed E-state index contributed by atoms with van der Waals surface area (Å²) in [6, 6.07) is 14.2. The lowest BCUT2D eigenvalue weighted by Crippen LogP contribution is -2.50. The van der Waals surface area contributed by atoms with Gasteiger partial charge in [0.05, 0.1) is 25.0 Å². The highest BCUT2D eigenvalue weighted by Gasteiger charge is 2.45. The van der Waals surface area contributed by atoms with Crippen LogP contribution in [0.3, 0.4) is 0 Å². The Labute approximate surface area is 276 Å². The molecule has 3 aromatic rings. The molecule has 9 nitrogen and oxygen atoms in total. The summed E-state index contributed by atoms with van der Waals surface area (Å²) in [7, 11) is 1.61. The number of ether oxygens (including phenoxy) is 3. The van der Waals surface area contributed by atoms with Gasteiger partial charge in [0.25, 0.3) is 0 Å². The Morgan fingerprint density at radius 3 is 2.17 bits per heavy atom. The highest BCUT2D eigenvalue weighted by atomic mass is 16.5. The van der Waals surface area contributed by atoms with Crippen LogP contribution >= 0.6 is 0 Å². The zero-order valence-corrected chi connectivity index (χ0v) is 27.1. The molecule has 3 fully saturated rings. The van der Waals surface area contributed by atoms with Crippen molar-refractivity contribution in [1.29, 1.82) is 0 Å². The molecule has 0 radical (unpaired) electrons. The van der Waals surface area contributed by atoms with Crippen molar-refractivity contribution in [2.45, 2.75) is 69.8 Å². The van der Waals surface area contributed by atoms with E-state index < -0.39 is 11.8 Å². The normalized spacial score (nSPS) is 21.9. The van der Waals surface area contributed by atoms with E-state index in [1.165, 1.54) is 19.3 Å². The molecule has 1 saturated carbocycles. The van der Waals surface area contributed by atoms with Gasteiger partial charge >= 0.3 is 5.97 Å². The van der Waals surface area contributed by atoms with Crippen LogP contribution in [0.5, 0.6) is 17.2 Å². The fourth-order valence-electron chi connectivity index (χ4n) is 7.82. The van der Waals surface area contributed by atoms with E-state index in [1.807, 2.05) is 30.3 Å². The number of methoxy groups -OCH3 is 1. The number of carbonyl (C=O) groups is 3. The minimum Gasteiger partial charge on any atom is -0.493 e. The standard InChI is InChI=1S/C38H43N3O6/c1-45-32-12-9-27(23-33(32)46-28-7-3-4-8-28)34(25-13-17-39-18-14-25)35-36(42)30-11-10-29(24-31(30)37(35)43)47-38(44)26-15-21-41(22-16-26)40-19-5-2-6-20-40/h9-14,17-18,23-24,26,28,34-35H,2-8,15-16,19-22H2,1H3. The van der Waals surface area contributed by atoms with E-state index in [9.17, 15) is 14.4 Å². The molecule has 47 heavy (non-hydrogen) atoms. The number of hydrazine groups is 1. The van der Waals surface area contributed by atoms with E-state index in [1.54, 1.807) is 37.7 Å². The van der Waals surface area contributed by atoms with Gasteiger partial charge in [-0.2, -0.15) is 0 Å². The van der Waals surface area contributed by atoms with Crippen molar-refractivity contribution < 1.29 is 28.6 Å². The van der Waals surface area contributed by atoms with Crippen LogP contribution in [0.4, 0.5) is 0 Å². The van der Waals surface area contributed by atoms with Gasteiger partial charge in [0.1, 0.15) is 5.75 Å². The van der Waals surface area contributed by atoms with Crippen molar-refractivity contribution in [2.75, 3.05) is 33.3 Å². The maximum Gasteiger partial charge on any atom is 0.314 e. The molecule has 0 spiro atoms. The SMILES string of the molecule is COc1ccc(C(c2ccncc2)C2C(=O)c3ccc(OC(=O)C4CCN(N5CCCCC5)CC4)cc3C2=O)cc1OC1CCCC1. The number of hydrogen-bond acceptors (Lipinski definition) is 9. The lowest BCUT2D eigenvalue weighted by Gasteiger charge is -2.41. The maximum atomic E-state index is 14.2. The highest BCUT2D eigenvalue weighted by Crippen LogP contribution is 2.44. The summed E-state index contributed by atoms with van der Waals surface area (Å²) in [5.74, 6) is -1.03. The number of rotatable bonds is 9. The first-order chi connectivity index (χ1) is 23.0. The molecular weight excluding hydrogens is 594 g/mol. The second-order valence-electron chi connectivity index (χ2n) is 13.3. The zero-order valence-electron chi connectivity index (χ0n) is 27.1. The molecule has 2 unspecified atom stereocenters. The molecule has 0 amide bonds. The average Bonchev–Trinajstić information content (AvgIpc) is 3.72. The molecular formula is C38H43N3O6. The van der Waals surface area contributed by atoms with Crippen molar-refractivity contribution in [1.82, 2.24) is 15.0 Å². The molecule has 2 aromatic carbocycles. The summed E-state index contributed by atoms with van der Waals surface area (Å²) < 4.78 is 17.8. The summed E-state index contributed by atoms with van der Waals surface area (Å²) in [6.45, 7) is 3.86. The summed E-state index contributed by atoms with van der Waals surface area (Å²) in [5, 5.41) is 4.81. The van der Waals surface area contributed by atoms with Crippen molar-refractivity contribution in [3.8, 4) is 17.2 Å². The molecule has 9 heteroatoms. The fourth-order valence-corrected chi connectivity index (χ4v) is 7.82. The van der Waals surface area contributed by atoms with Gasteiger partial charge in [0.2, 0.25) is 0 Å². The molecule has 2 aliphatic carbocycles.